The molecule has 3 N–H and O–H groups in total. The topological polar surface area (TPSA) is 101 Å². The highest BCUT2D eigenvalue weighted by molar-refractivity contribution is 6.42. The van der Waals surface area contributed by atoms with Crippen LogP contribution in [0.15, 0.2) is 67.0 Å². The van der Waals surface area contributed by atoms with Crippen LogP contribution in [0.3, 0.4) is 0 Å². The van der Waals surface area contributed by atoms with Gasteiger partial charge >= 0.3 is 0 Å². The van der Waals surface area contributed by atoms with E-state index in [4.69, 9.17) is 27.9 Å². The summed E-state index contributed by atoms with van der Waals surface area (Å²) in [6, 6.07) is 14.7. The summed E-state index contributed by atoms with van der Waals surface area (Å²) in [5.74, 6) is -0.396. The summed E-state index contributed by atoms with van der Waals surface area (Å²) < 4.78 is 5.45. The summed E-state index contributed by atoms with van der Waals surface area (Å²) in [5.41, 5.74) is 1.19. The monoisotopic (exact) mass is 459 g/mol. The van der Waals surface area contributed by atoms with Crippen molar-refractivity contribution in [2.24, 2.45) is 0 Å². The van der Waals surface area contributed by atoms with Crippen molar-refractivity contribution >= 4 is 40.7 Å². The van der Waals surface area contributed by atoms with Crippen LogP contribution >= 0.6 is 23.2 Å². The number of ether oxygens (including phenoxy) is 1. The first-order valence-electron chi connectivity index (χ1n) is 9.28. The van der Waals surface area contributed by atoms with Crippen molar-refractivity contribution in [1.82, 2.24) is 10.3 Å². The first-order valence-corrected chi connectivity index (χ1v) is 10.0. The van der Waals surface area contributed by atoms with Crippen LogP contribution in [0.2, 0.25) is 10.0 Å². The molecule has 3 aromatic rings. The molecular weight excluding hydrogens is 441 g/mol. The fourth-order valence-electron chi connectivity index (χ4n) is 2.59. The van der Waals surface area contributed by atoms with Gasteiger partial charge in [-0.2, -0.15) is 0 Å². The second kappa shape index (κ2) is 10.8. The van der Waals surface area contributed by atoms with Crippen molar-refractivity contribution in [3.63, 3.8) is 0 Å². The Balaban J connectivity index is 1.51. The number of carbonyl (C=O) groups excluding carboxylic acids is 2. The van der Waals surface area contributed by atoms with Crippen LogP contribution in [-0.4, -0.2) is 41.2 Å². The lowest BCUT2D eigenvalue weighted by atomic mass is 10.1. The Hall–Kier alpha value is -3.13. The maximum Gasteiger partial charge on any atom is 0.257 e. The lowest BCUT2D eigenvalue weighted by molar-refractivity contribution is 0.0843. The number of amides is 2. The molecule has 3 rings (SSSR count). The fourth-order valence-corrected chi connectivity index (χ4v) is 2.94. The van der Waals surface area contributed by atoms with Crippen LogP contribution in [0.25, 0.3) is 0 Å². The van der Waals surface area contributed by atoms with Crippen LogP contribution in [0.1, 0.15) is 20.7 Å². The highest BCUT2D eigenvalue weighted by Gasteiger charge is 2.13. The smallest absolute Gasteiger partial charge is 0.257 e. The van der Waals surface area contributed by atoms with Crippen LogP contribution in [-0.2, 0) is 0 Å². The number of benzene rings is 2. The molecule has 0 fully saturated rings. The second-order valence-electron chi connectivity index (χ2n) is 6.50. The van der Waals surface area contributed by atoms with Crippen molar-refractivity contribution < 1.29 is 19.4 Å². The van der Waals surface area contributed by atoms with Gasteiger partial charge in [0.25, 0.3) is 11.8 Å². The largest absolute Gasteiger partial charge is 0.489 e. The first kappa shape index (κ1) is 22.6. The molecule has 9 heteroatoms. The second-order valence-corrected chi connectivity index (χ2v) is 7.29. The van der Waals surface area contributed by atoms with Crippen LogP contribution in [0.5, 0.6) is 5.75 Å². The van der Waals surface area contributed by atoms with E-state index in [0.29, 0.717) is 27.6 Å². The van der Waals surface area contributed by atoms with E-state index in [2.05, 4.69) is 15.6 Å². The molecule has 0 saturated heterocycles. The number of pyridine rings is 1. The van der Waals surface area contributed by atoms with Gasteiger partial charge in [-0.3, -0.25) is 14.6 Å². The number of aliphatic hydroxyl groups is 1. The van der Waals surface area contributed by atoms with E-state index >= 15 is 0 Å². The number of hydrogen-bond acceptors (Lipinski definition) is 5. The number of carbonyl (C=O) groups is 2. The number of anilines is 1. The number of aliphatic hydroxyl groups excluding tert-OH is 1. The van der Waals surface area contributed by atoms with Gasteiger partial charge in [-0.15, -0.1) is 0 Å². The van der Waals surface area contributed by atoms with E-state index in [0.717, 1.165) is 0 Å². The molecule has 0 radical (unpaired) electrons. The molecule has 1 unspecified atom stereocenters. The SMILES string of the molecule is O=C(NCC(O)COc1cccc(Cl)c1Cl)c1cccc(NC(=O)c2cccnc2)c1. The third-order valence-corrected chi connectivity index (χ3v) is 4.95. The molecule has 2 aromatic carbocycles. The van der Waals surface area contributed by atoms with E-state index in [-0.39, 0.29) is 24.1 Å². The average Bonchev–Trinajstić information content (AvgIpc) is 2.79. The Bertz CT molecular complexity index is 1060. The summed E-state index contributed by atoms with van der Waals surface area (Å²) in [7, 11) is 0. The number of aromatic nitrogens is 1. The highest BCUT2D eigenvalue weighted by atomic mass is 35.5. The van der Waals surface area contributed by atoms with Gasteiger partial charge in [0, 0.05) is 30.2 Å². The van der Waals surface area contributed by atoms with Crippen molar-refractivity contribution in [3.05, 3.63) is 88.2 Å². The molecular formula is C22H19Cl2N3O4. The van der Waals surface area contributed by atoms with Crippen molar-refractivity contribution in [1.29, 1.82) is 0 Å². The standard InChI is InChI=1S/C22H19Cl2N3O4/c23-18-7-2-8-19(20(18)24)31-13-17(28)12-26-21(29)14-4-1-6-16(10-14)27-22(30)15-5-3-9-25-11-15/h1-11,17,28H,12-13H2,(H,26,29)(H,27,30). The molecule has 160 valence electrons. The molecule has 0 aliphatic heterocycles. The van der Waals surface area contributed by atoms with Crippen molar-refractivity contribution in [3.8, 4) is 5.75 Å². The minimum atomic E-state index is -0.965. The van der Waals surface area contributed by atoms with E-state index in [1.807, 2.05) is 0 Å². The Labute approximate surface area is 189 Å². The zero-order chi connectivity index (χ0) is 22.2. The quantitative estimate of drug-likeness (QED) is 0.475. The Morgan fingerprint density at radius 1 is 1.03 bits per heavy atom. The van der Waals surface area contributed by atoms with Crippen molar-refractivity contribution in [2.75, 3.05) is 18.5 Å². The Morgan fingerprint density at radius 3 is 2.58 bits per heavy atom. The van der Waals surface area contributed by atoms with Gasteiger partial charge in [0.05, 0.1) is 10.6 Å². The molecule has 0 aliphatic carbocycles. The predicted octanol–water partition coefficient (Wildman–Crippen LogP) is 3.81. The number of hydrogen-bond donors (Lipinski definition) is 3. The van der Waals surface area contributed by atoms with Gasteiger partial charge in [-0.05, 0) is 42.5 Å². The number of nitrogens with zero attached hydrogens (tertiary/aromatic N) is 1. The Morgan fingerprint density at radius 2 is 1.81 bits per heavy atom. The lowest BCUT2D eigenvalue weighted by Crippen LogP contribution is -2.35. The average molecular weight is 460 g/mol. The summed E-state index contributed by atoms with van der Waals surface area (Å²) >= 11 is 12.0. The number of halogens is 2. The van der Waals surface area contributed by atoms with Crippen LogP contribution < -0.4 is 15.4 Å². The normalized spacial score (nSPS) is 11.5. The van der Waals surface area contributed by atoms with Gasteiger partial charge in [0.1, 0.15) is 23.5 Å². The van der Waals surface area contributed by atoms with Crippen molar-refractivity contribution in [2.45, 2.75) is 6.10 Å². The molecule has 1 heterocycles. The summed E-state index contributed by atoms with van der Waals surface area (Å²) in [6.45, 7) is -0.120. The lowest BCUT2D eigenvalue weighted by Gasteiger charge is -2.14. The number of rotatable bonds is 8. The maximum atomic E-state index is 12.4. The summed E-state index contributed by atoms with van der Waals surface area (Å²) in [5, 5.41) is 16.0. The van der Waals surface area contributed by atoms with Crippen LogP contribution in [0, 0.1) is 0 Å². The minimum Gasteiger partial charge on any atom is -0.489 e. The summed E-state index contributed by atoms with van der Waals surface area (Å²) in [4.78, 5) is 28.5. The predicted molar refractivity (Wildman–Crippen MR) is 119 cm³/mol. The summed E-state index contributed by atoms with van der Waals surface area (Å²) in [6.07, 6.45) is 2.06. The molecule has 1 atom stereocenters. The van der Waals surface area contributed by atoms with E-state index < -0.39 is 12.0 Å². The van der Waals surface area contributed by atoms with Crippen LogP contribution in [0.4, 0.5) is 5.69 Å². The molecule has 0 aliphatic rings. The van der Waals surface area contributed by atoms with Gasteiger partial charge in [-0.25, -0.2) is 0 Å². The zero-order valence-corrected chi connectivity index (χ0v) is 17.7. The molecule has 0 bridgehead atoms. The fraction of sp³-hybridized carbons (Fsp3) is 0.136. The molecule has 1 aromatic heterocycles. The minimum absolute atomic E-state index is 0.0384. The Kier molecular flexibility index (Phi) is 7.83. The van der Waals surface area contributed by atoms with E-state index in [1.54, 1.807) is 54.7 Å². The molecule has 0 saturated carbocycles. The van der Waals surface area contributed by atoms with E-state index in [9.17, 15) is 14.7 Å². The zero-order valence-electron chi connectivity index (χ0n) is 16.2. The molecule has 7 nitrogen and oxygen atoms in total. The highest BCUT2D eigenvalue weighted by Crippen LogP contribution is 2.31. The van der Waals surface area contributed by atoms with E-state index in [1.165, 1.54) is 12.3 Å². The molecule has 2 amide bonds. The third kappa shape index (κ3) is 6.42. The molecule has 31 heavy (non-hydrogen) atoms. The van der Waals surface area contributed by atoms with Gasteiger partial charge in [0.2, 0.25) is 0 Å². The maximum absolute atomic E-state index is 12.4. The number of nitrogens with one attached hydrogen (secondary N) is 2. The molecule has 0 spiro atoms. The third-order valence-electron chi connectivity index (χ3n) is 4.15. The van der Waals surface area contributed by atoms with Gasteiger partial charge in [0.15, 0.2) is 0 Å². The van der Waals surface area contributed by atoms with Gasteiger partial charge in [-0.1, -0.05) is 35.3 Å². The van der Waals surface area contributed by atoms with Gasteiger partial charge < -0.3 is 20.5 Å². The first-order chi connectivity index (χ1) is 14.9.